The summed E-state index contributed by atoms with van der Waals surface area (Å²) in [5, 5.41) is 13.5. The second-order valence-corrected chi connectivity index (χ2v) is 5.39. The lowest BCUT2D eigenvalue weighted by Crippen LogP contribution is -2.33. The number of carbonyl (C=O) groups excluding carboxylic acids is 2. The van der Waals surface area contributed by atoms with Gasteiger partial charge in [-0.1, -0.05) is 0 Å². The van der Waals surface area contributed by atoms with E-state index in [1.165, 1.54) is 6.20 Å². The van der Waals surface area contributed by atoms with Crippen molar-refractivity contribution in [3.8, 4) is 0 Å². The second-order valence-electron chi connectivity index (χ2n) is 5.39. The third kappa shape index (κ3) is 3.47. The van der Waals surface area contributed by atoms with Gasteiger partial charge in [-0.15, -0.1) is 0 Å². The zero-order valence-electron chi connectivity index (χ0n) is 13.3. The van der Waals surface area contributed by atoms with E-state index in [2.05, 4.69) is 30.8 Å². The zero-order chi connectivity index (χ0) is 18.0. The summed E-state index contributed by atoms with van der Waals surface area (Å²) >= 11 is 0. The summed E-state index contributed by atoms with van der Waals surface area (Å²) in [6.07, 6.45) is 2.98. The molecule has 2 aromatic heterocycles. The summed E-state index contributed by atoms with van der Waals surface area (Å²) in [5.41, 5.74) is 12.2. The van der Waals surface area contributed by atoms with Crippen LogP contribution in [0.1, 0.15) is 17.3 Å². The number of aromatic nitrogens is 4. The van der Waals surface area contributed by atoms with Gasteiger partial charge in [-0.05, 0) is 25.1 Å². The van der Waals surface area contributed by atoms with Crippen molar-refractivity contribution >= 4 is 40.2 Å². The minimum absolute atomic E-state index is 0.113. The number of carbonyl (C=O) groups is 2. The molecule has 10 heteroatoms. The Kier molecular flexibility index (Phi) is 4.16. The Morgan fingerprint density at radius 1 is 1.24 bits per heavy atom. The number of amides is 2. The van der Waals surface area contributed by atoms with E-state index in [0.717, 1.165) is 10.9 Å². The third-order valence-corrected chi connectivity index (χ3v) is 3.53. The summed E-state index contributed by atoms with van der Waals surface area (Å²) in [7, 11) is 0. The van der Waals surface area contributed by atoms with Crippen LogP contribution in [0.3, 0.4) is 0 Å². The van der Waals surface area contributed by atoms with Crippen molar-refractivity contribution in [2.24, 2.45) is 11.5 Å². The van der Waals surface area contributed by atoms with Crippen molar-refractivity contribution in [3.05, 3.63) is 36.2 Å². The number of hydrogen-bond acceptors (Lipinski definition) is 7. The number of fused-ring (bicyclic) bond motifs is 1. The lowest BCUT2D eigenvalue weighted by Gasteiger charge is -2.13. The van der Waals surface area contributed by atoms with E-state index in [0.29, 0.717) is 5.69 Å². The number of nitrogens with zero attached hydrogens (tertiary/aromatic N) is 3. The Bertz CT molecular complexity index is 952. The lowest BCUT2D eigenvalue weighted by molar-refractivity contribution is -0.118. The van der Waals surface area contributed by atoms with Crippen LogP contribution in [0.2, 0.25) is 0 Å². The predicted octanol–water partition coefficient (Wildman–Crippen LogP) is 0.481. The highest BCUT2D eigenvalue weighted by molar-refractivity contribution is 5.98. The first-order valence-electron chi connectivity index (χ1n) is 7.37. The normalized spacial score (nSPS) is 11.9. The topological polar surface area (TPSA) is 165 Å². The Hall–Kier alpha value is -3.69. The highest BCUT2D eigenvalue weighted by atomic mass is 16.1. The van der Waals surface area contributed by atoms with E-state index in [-0.39, 0.29) is 17.3 Å². The third-order valence-electron chi connectivity index (χ3n) is 3.53. The van der Waals surface area contributed by atoms with Gasteiger partial charge in [-0.3, -0.25) is 14.7 Å². The molecule has 25 heavy (non-hydrogen) atoms. The average molecular weight is 340 g/mol. The molecule has 0 aliphatic rings. The molecule has 0 radical (unpaired) electrons. The minimum Gasteiger partial charge on any atom is -0.368 e. The van der Waals surface area contributed by atoms with Gasteiger partial charge < -0.3 is 22.1 Å². The Morgan fingerprint density at radius 3 is 2.76 bits per heavy atom. The van der Waals surface area contributed by atoms with Gasteiger partial charge in [-0.2, -0.15) is 10.1 Å². The van der Waals surface area contributed by atoms with Crippen molar-refractivity contribution < 1.29 is 9.59 Å². The number of anilines is 3. The Balaban J connectivity index is 1.93. The maximum Gasteiger partial charge on any atom is 0.254 e. The van der Waals surface area contributed by atoms with Crippen LogP contribution in [0.25, 0.3) is 10.9 Å². The van der Waals surface area contributed by atoms with Crippen LogP contribution in [0.5, 0.6) is 0 Å². The van der Waals surface area contributed by atoms with Crippen molar-refractivity contribution in [2.75, 3.05) is 10.6 Å². The first-order valence-corrected chi connectivity index (χ1v) is 7.37. The molecule has 7 N–H and O–H groups in total. The molecule has 0 fully saturated rings. The number of nitrogens with one attached hydrogen (secondary N) is 3. The monoisotopic (exact) mass is 340 g/mol. The van der Waals surface area contributed by atoms with Crippen LogP contribution in [0.4, 0.5) is 17.5 Å². The number of rotatable bonds is 6. The summed E-state index contributed by atoms with van der Waals surface area (Å²) in [4.78, 5) is 31.0. The summed E-state index contributed by atoms with van der Waals surface area (Å²) in [6, 6.07) is 4.81. The molecule has 0 saturated heterocycles. The van der Waals surface area contributed by atoms with Crippen LogP contribution in [0.15, 0.2) is 30.6 Å². The fraction of sp³-hybridized carbons (Fsp3) is 0.133. The van der Waals surface area contributed by atoms with E-state index < -0.39 is 17.9 Å². The lowest BCUT2D eigenvalue weighted by atomic mass is 10.2. The van der Waals surface area contributed by atoms with E-state index in [4.69, 9.17) is 11.5 Å². The number of primary amides is 2. The summed E-state index contributed by atoms with van der Waals surface area (Å²) in [6.45, 7) is 1.58. The highest BCUT2D eigenvalue weighted by Crippen LogP contribution is 2.22. The van der Waals surface area contributed by atoms with Gasteiger partial charge in [0.15, 0.2) is 0 Å². The molecule has 3 aromatic rings. The van der Waals surface area contributed by atoms with Crippen LogP contribution in [-0.4, -0.2) is 38.0 Å². The molecule has 0 saturated carbocycles. The van der Waals surface area contributed by atoms with Gasteiger partial charge in [0, 0.05) is 17.3 Å². The second kappa shape index (κ2) is 6.43. The van der Waals surface area contributed by atoms with Crippen LogP contribution in [0, 0.1) is 0 Å². The van der Waals surface area contributed by atoms with Crippen molar-refractivity contribution in [2.45, 2.75) is 13.0 Å². The molecule has 1 aromatic carbocycles. The molecule has 2 amide bonds. The van der Waals surface area contributed by atoms with Gasteiger partial charge in [0.1, 0.15) is 17.4 Å². The molecule has 10 nitrogen and oxygen atoms in total. The van der Waals surface area contributed by atoms with Crippen molar-refractivity contribution in [1.82, 2.24) is 20.2 Å². The maximum atomic E-state index is 11.6. The van der Waals surface area contributed by atoms with Crippen LogP contribution in [-0.2, 0) is 4.79 Å². The van der Waals surface area contributed by atoms with E-state index >= 15 is 0 Å². The summed E-state index contributed by atoms with van der Waals surface area (Å²) < 4.78 is 0. The summed E-state index contributed by atoms with van der Waals surface area (Å²) in [5.74, 6) is -0.886. The standard InChI is InChI=1S/C15H16N8O2/c1-7(12(16)24)20-15-18-6-10(13(17)25)14(22-15)21-9-3-2-8-5-19-23-11(8)4-9/h2-7H,1H3,(H2,16,24)(H2,17,25)(H,19,23)(H2,18,20,21,22)/t7-/m1/s1. The van der Waals surface area contributed by atoms with Gasteiger partial charge >= 0.3 is 0 Å². The highest BCUT2D eigenvalue weighted by Gasteiger charge is 2.15. The first-order chi connectivity index (χ1) is 11.9. The van der Waals surface area contributed by atoms with Crippen LogP contribution >= 0.6 is 0 Å². The predicted molar refractivity (Wildman–Crippen MR) is 92.2 cm³/mol. The molecule has 128 valence electrons. The van der Waals surface area contributed by atoms with Gasteiger partial charge in [0.25, 0.3) is 5.91 Å². The van der Waals surface area contributed by atoms with Gasteiger partial charge in [0.05, 0.1) is 11.7 Å². The number of benzene rings is 1. The molecule has 0 aliphatic carbocycles. The molecule has 3 rings (SSSR count). The number of aromatic amines is 1. The maximum absolute atomic E-state index is 11.6. The van der Waals surface area contributed by atoms with Gasteiger partial charge in [0.2, 0.25) is 11.9 Å². The van der Waals surface area contributed by atoms with E-state index in [1.807, 2.05) is 18.2 Å². The molecule has 0 spiro atoms. The molecular weight excluding hydrogens is 324 g/mol. The molecule has 1 atom stereocenters. The fourth-order valence-corrected chi connectivity index (χ4v) is 2.14. The fourth-order valence-electron chi connectivity index (χ4n) is 2.14. The van der Waals surface area contributed by atoms with Crippen LogP contribution < -0.4 is 22.1 Å². The van der Waals surface area contributed by atoms with Gasteiger partial charge in [-0.25, -0.2) is 4.98 Å². The first kappa shape index (κ1) is 16.2. The Labute approximate surface area is 142 Å². The number of hydrogen-bond donors (Lipinski definition) is 5. The Morgan fingerprint density at radius 2 is 2.04 bits per heavy atom. The largest absolute Gasteiger partial charge is 0.368 e. The smallest absolute Gasteiger partial charge is 0.254 e. The van der Waals surface area contributed by atoms with Crippen molar-refractivity contribution in [1.29, 1.82) is 0 Å². The average Bonchev–Trinajstić information content (AvgIpc) is 3.02. The SMILES string of the molecule is C[C@@H](Nc1ncc(C(N)=O)c(Nc2ccc3cn[nH]c3c2)n1)C(N)=O. The van der Waals surface area contributed by atoms with E-state index in [1.54, 1.807) is 13.1 Å². The number of H-pyrrole nitrogens is 1. The molecule has 2 heterocycles. The minimum atomic E-state index is -0.681. The zero-order valence-corrected chi connectivity index (χ0v) is 13.3. The molecule has 0 unspecified atom stereocenters. The van der Waals surface area contributed by atoms with E-state index in [9.17, 15) is 9.59 Å². The molecule has 0 aliphatic heterocycles. The van der Waals surface area contributed by atoms with Crippen molar-refractivity contribution in [3.63, 3.8) is 0 Å². The quantitative estimate of drug-likeness (QED) is 0.435. The molecular formula is C15H16N8O2. The number of nitrogens with two attached hydrogens (primary N) is 2. The molecule has 0 bridgehead atoms.